The van der Waals surface area contributed by atoms with Crippen molar-refractivity contribution in [3.63, 3.8) is 0 Å². The topological polar surface area (TPSA) is 91.4 Å². The van der Waals surface area contributed by atoms with Crippen molar-refractivity contribution in [2.75, 3.05) is 16.8 Å². The number of ether oxygens (including phenoxy) is 1. The van der Waals surface area contributed by atoms with E-state index in [9.17, 15) is 10.1 Å². The van der Waals surface area contributed by atoms with E-state index in [1.165, 1.54) is 0 Å². The van der Waals surface area contributed by atoms with Crippen LogP contribution in [0, 0.1) is 11.3 Å². The number of hydrogen-bond acceptors (Lipinski definition) is 5. The monoisotopic (exact) mass is 388 g/mol. The molecular formula is C23H24N4O2. The van der Waals surface area contributed by atoms with Crippen LogP contribution in [0.2, 0.25) is 0 Å². The third kappa shape index (κ3) is 3.60. The fraction of sp³-hybridized carbons (Fsp3) is 0.217. The number of anilines is 2. The second kappa shape index (κ2) is 8.63. The van der Waals surface area contributed by atoms with Crippen LogP contribution < -0.4 is 16.0 Å². The maximum atomic E-state index is 13.6. The number of carbonyl (C=O) groups is 1. The predicted octanol–water partition coefficient (Wildman–Crippen LogP) is 3.91. The van der Waals surface area contributed by atoms with Crippen LogP contribution in [0.5, 0.6) is 0 Å². The zero-order chi connectivity index (χ0) is 20.9. The fourth-order valence-electron chi connectivity index (χ4n) is 3.32. The number of benzene rings is 2. The van der Waals surface area contributed by atoms with E-state index in [-0.39, 0.29) is 17.0 Å². The van der Waals surface area contributed by atoms with Crippen LogP contribution in [0.3, 0.4) is 0 Å². The number of nitrogens with two attached hydrogens (primary N) is 1. The Morgan fingerprint density at radius 2 is 1.83 bits per heavy atom. The first kappa shape index (κ1) is 20.2. The normalized spacial score (nSPS) is 18.6. The van der Waals surface area contributed by atoms with Gasteiger partial charge in [-0.1, -0.05) is 56.3 Å². The van der Waals surface area contributed by atoms with Crippen molar-refractivity contribution in [1.82, 2.24) is 0 Å². The lowest BCUT2D eigenvalue weighted by Crippen LogP contribution is -2.58. The van der Waals surface area contributed by atoms with Crippen LogP contribution >= 0.6 is 0 Å². The Balaban J connectivity index is 2.12. The molecule has 1 aliphatic rings. The van der Waals surface area contributed by atoms with E-state index in [1.807, 2.05) is 55.5 Å². The molecular weight excluding hydrogens is 364 g/mol. The molecule has 1 aliphatic heterocycles. The number of para-hydroxylation sites is 2. The quantitative estimate of drug-likeness (QED) is 0.702. The van der Waals surface area contributed by atoms with Gasteiger partial charge in [0.15, 0.2) is 0 Å². The summed E-state index contributed by atoms with van der Waals surface area (Å²) in [5.74, 6) is -0.315. The van der Waals surface area contributed by atoms with Crippen LogP contribution in [0.15, 0.2) is 84.2 Å². The highest BCUT2D eigenvalue weighted by atomic mass is 16.5. The third-order valence-electron chi connectivity index (χ3n) is 4.80. The molecule has 0 aromatic heterocycles. The predicted molar refractivity (Wildman–Crippen MR) is 114 cm³/mol. The number of amides is 1. The minimum atomic E-state index is -1.65. The maximum absolute atomic E-state index is 13.6. The average molecular weight is 388 g/mol. The van der Waals surface area contributed by atoms with Crippen molar-refractivity contribution in [3.8, 4) is 6.07 Å². The van der Waals surface area contributed by atoms with Crippen LogP contribution in [0.1, 0.15) is 19.8 Å². The Hall–Kier alpha value is -3.56. The molecule has 29 heavy (non-hydrogen) atoms. The standard InChI is InChI=1S/C23H24N4O2/c1-3-4-15-29-23(22(28)26-18-11-7-5-8-12-18)17(2)20(16-24)21(25)27(23)19-13-9-6-10-14-19/h5-14H,2-4,15,25H2,1H3,(H,26,28). The van der Waals surface area contributed by atoms with Gasteiger partial charge in [0.2, 0.25) is 0 Å². The number of carbonyl (C=O) groups excluding carboxylic acids is 1. The van der Waals surface area contributed by atoms with Crippen molar-refractivity contribution >= 4 is 17.3 Å². The summed E-state index contributed by atoms with van der Waals surface area (Å²) >= 11 is 0. The summed E-state index contributed by atoms with van der Waals surface area (Å²) in [5.41, 5.74) is 6.30. The van der Waals surface area contributed by atoms with E-state index in [2.05, 4.69) is 18.0 Å². The van der Waals surface area contributed by atoms with Gasteiger partial charge < -0.3 is 15.8 Å². The number of nitriles is 1. The number of rotatable bonds is 7. The van der Waals surface area contributed by atoms with Crippen molar-refractivity contribution < 1.29 is 9.53 Å². The van der Waals surface area contributed by atoms with Gasteiger partial charge in [0.05, 0.1) is 6.61 Å². The van der Waals surface area contributed by atoms with Crippen molar-refractivity contribution in [3.05, 3.63) is 84.2 Å². The summed E-state index contributed by atoms with van der Waals surface area (Å²) in [6.07, 6.45) is 1.64. The molecule has 0 saturated heterocycles. The van der Waals surface area contributed by atoms with Crippen LogP contribution in [-0.4, -0.2) is 18.2 Å². The summed E-state index contributed by atoms with van der Waals surface area (Å²) in [5, 5.41) is 12.6. The second-order valence-corrected chi connectivity index (χ2v) is 6.69. The van der Waals surface area contributed by atoms with E-state index in [0.29, 0.717) is 18.0 Å². The number of nitrogens with zero attached hydrogens (tertiary/aromatic N) is 2. The van der Waals surface area contributed by atoms with Gasteiger partial charge in [-0.05, 0) is 30.7 Å². The molecule has 0 fully saturated rings. The highest BCUT2D eigenvalue weighted by molar-refractivity contribution is 6.05. The summed E-state index contributed by atoms with van der Waals surface area (Å²) < 4.78 is 6.19. The number of hydrogen-bond donors (Lipinski definition) is 2. The second-order valence-electron chi connectivity index (χ2n) is 6.69. The molecule has 3 N–H and O–H groups in total. The molecule has 0 saturated carbocycles. The molecule has 0 radical (unpaired) electrons. The van der Waals surface area contributed by atoms with E-state index in [1.54, 1.807) is 17.0 Å². The van der Waals surface area contributed by atoms with Crippen molar-refractivity contribution in [2.24, 2.45) is 5.73 Å². The van der Waals surface area contributed by atoms with Gasteiger partial charge in [0.1, 0.15) is 17.5 Å². The lowest BCUT2D eigenvalue weighted by molar-refractivity contribution is -0.135. The first-order valence-electron chi connectivity index (χ1n) is 9.51. The lowest BCUT2D eigenvalue weighted by Gasteiger charge is -2.39. The van der Waals surface area contributed by atoms with Crippen molar-refractivity contribution in [2.45, 2.75) is 25.5 Å². The minimum absolute atomic E-state index is 0.142. The summed E-state index contributed by atoms with van der Waals surface area (Å²) in [6, 6.07) is 20.3. The fourth-order valence-corrected chi connectivity index (χ4v) is 3.32. The Bertz CT molecular complexity index is 963. The maximum Gasteiger partial charge on any atom is 0.283 e. The number of unbranched alkanes of at least 4 members (excludes halogenated alkanes) is 1. The summed E-state index contributed by atoms with van der Waals surface area (Å²) in [4.78, 5) is 15.2. The van der Waals surface area contributed by atoms with Gasteiger partial charge >= 0.3 is 0 Å². The molecule has 6 nitrogen and oxygen atoms in total. The SMILES string of the molecule is C=C1C(C#N)=C(N)N(c2ccccc2)C1(OCCCC)C(=O)Nc1ccccc1. The molecule has 1 amide bonds. The lowest BCUT2D eigenvalue weighted by atomic mass is 9.99. The zero-order valence-electron chi connectivity index (χ0n) is 16.4. The summed E-state index contributed by atoms with van der Waals surface area (Å²) in [6.45, 7) is 6.39. The van der Waals surface area contributed by atoms with Gasteiger partial charge in [-0.25, -0.2) is 0 Å². The Morgan fingerprint density at radius 3 is 2.41 bits per heavy atom. The molecule has 1 heterocycles. The summed E-state index contributed by atoms with van der Waals surface area (Å²) in [7, 11) is 0. The molecule has 0 bridgehead atoms. The van der Waals surface area contributed by atoms with Gasteiger partial charge in [-0.15, -0.1) is 0 Å². The molecule has 1 atom stereocenters. The van der Waals surface area contributed by atoms with Crippen molar-refractivity contribution in [1.29, 1.82) is 5.26 Å². The molecule has 148 valence electrons. The Morgan fingerprint density at radius 1 is 1.21 bits per heavy atom. The first-order chi connectivity index (χ1) is 14.1. The van der Waals surface area contributed by atoms with E-state index in [4.69, 9.17) is 10.5 Å². The van der Waals surface area contributed by atoms with Crippen LogP contribution in [0.4, 0.5) is 11.4 Å². The van der Waals surface area contributed by atoms with Gasteiger partial charge in [0.25, 0.3) is 11.6 Å². The molecule has 0 spiro atoms. The highest BCUT2D eigenvalue weighted by Crippen LogP contribution is 2.44. The Labute approximate surface area is 170 Å². The molecule has 2 aromatic rings. The minimum Gasteiger partial charge on any atom is -0.384 e. The number of nitrogens with one attached hydrogen (secondary N) is 1. The third-order valence-corrected chi connectivity index (χ3v) is 4.80. The average Bonchev–Trinajstić information content (AvgIpc) is 2.96. The highest BCUT2D eigenvalue weighted by Gasteiger charge is 2.56. The van der Waals surface area contributed by atoms with Gasteiger partial charge in [-0.2, -0.15) is 5.26 Å². The molecule has 2 aromatic carbocycles. The molecule has 3 rings (SSSR count). The molecule has 1 unspecified atom stereocenters. The largest absolute Gasteiger partial charge is 0.384 e. The zero-order valence-corrected chi connectivity index (χ0v) is 16.4. The Kier molecular flexibility index (Phi) is 6.01. The van der Waals surface area contributed by atoms with Gasteiger partial charge in [-0.3, -0.25) is 9.69 Å². The van der Waals surface area contributed by atoms with Gasteiger partial charge in [0, 0.05) is 16.9 Å². The molecule has 6 heteroatoms. The van der Waals surface area contributed by atoms with E-state index in [0.717, 1.165) is 12.8 Å². The van der Waals surface area contributed by atoms with E-state index >= 15 is 0 Å². The van der Waals surface area contributed by atoms with Crippen LogP contribution in [-0.2, 0) is 9.53 Å². The first-order valence-corrected chi connectivity index (χ1v) is 9.51. The molecule has 0 aliphatic carbocycles. The van der Waals surface area contributed by atoms with Crippen LogP contribution in [0.25, 0.3) is 0 Å². The van der Waals surface area contributed by atoms with E-state index < -0.39 is 11.6 Å². The smallest absolute Gasteiger partial charge is 0.283 e.